The molecule has 1 aromatic heterocycles. The average Bonchev–Trinajstić information content (AvgIpc) is 2.46. The van der Waals surface area contributed by atoms with E-state index in [1.165, 1.54) is 31.4 Å². The van der Waals surface area contributed by atoms with Gasteiger partial charge in [0.1, 0.15) is 18.1 Å². The van der Waals surface area contributed by atoms with Gasteiger partial charge in [-0.25, -0.2) is 4.79 Å². The van der Waals surface area contributed by atoms with Crippen LogP contribution < -0.4 is 10.2 Å². The first kappa shape index (κ1) is 15.1. The number of aromatic amines is 1. The van der Waals surface area contributed by atoms with Crippen LogP contribution in [-0.2, 0) is 11.3 Å². The van der Waals surface area contributed by atoms with Gasteiger partial charge < -0.3 is 9.47 Å². The summed E-state index contributed by atoms with van der Waals surface area (Å²) in [6.45, 7) is 1.50. The van der Waals surface area contributed by atoms with Crippen LogP contribution in [0.4, 0.5) is 0 Å². The topological polar surface area (TPSA) is 81.3 Å². The summed E-state index contributed by atoms with van der Waals surface area (Å²) >= 11 is 5.88. The van der Waals surface area contributed by atoms with E-state index in [-0.39, 0.29) is 23.3 Å². The van der Waals surface area contributed by atoms with Crippen molar-refractivity contribution in [2.75, 3.05) is 7.11 Å². The Labute approximate surface area is 125 Å². The molecule has 21 heavy (non-hydrogen) atoms. The monoisotopic (exact) mass is 308 g/mol. The summed E-state index contributed by atoms with van der Waals surface area (Å²) in [5.41, 5.74) is 0.764. The lowest BCUT2D eigenvalue weighted by Gasteiger charge is -2.07. The molecule has 0 amide bonds. The Hall–Kier alpha value is -2.34. The standard InChI is InChI=1S/C14H13ClN2O4/c1-8-5-12(18)11(17-16-8)7-21-14(19)9-3-4-10(15)13(6-9)20-2/h3-6H,7H2,1-2H3,(H,16,18). The smallest absolute Gasteiger partial charge is 0.338 e. The highest BCUT2D eigenvalue weighted by Crippen LogP contribution is 2.25. The van der Waals surface area contributed by atoms with Gasteiger partial charge in [0, 0.05) is 11.8 Å². The third-order valence-corrected chi connectivity index (χ3v) is 3.04. The van der Waals surface area contributed by atoms with E-state index in [1.807, 2.05) is 0 Å². The van der Waals surface area contributed by atoms with Crippen LogP contribution in [0.25, 0.3) is 0 Å². The number of esters is 1. The number of benzene rings is 1. The SMILES string of the molecule is COc1cc(C(=O)OCc2n[nH]c(C)cc2=O)ccc1Cl. The third kappa shape index (κ3) is 3.61. The van der Waals surface area contributed by atoms with Crippen molar-refractivity contribution in [1.29, 1.82) is 0 Å². The average molecular weight is 309 g/mol. The number of methoxy groups -OCH3 is 1. The van der Waals surface area contributed by atoms with Gasteiger partial charge in [-0.3, -0.25) is 9.89 Å². The molecule has 1 N–H and O–H groups in total. The Morgan fingerprint density at radius 2 is 2.14 bits per heavy atom. The molecule has 0 saturated carbocycles. The molecule has 0 aliphatic rings. The summed E-state index contributed by atoms with van der Waals surface area (Å²) < 4.78 is 10.1. The van der Waals surface area contributed by atoms with E-state index in [4.69, 9.17) is 21.1 Å². The minimum absolute atomic E-state index is 0.134. The number of carbonyl (C=O) groups excluding carboxylic acids is 1. The summed E-state index contributed by atoms with van der Waals surface area (Å²) in [7, 11) is 1.45. The first-order chi connectivity index (χ1) is 10.0. The van der Waals surface area contributed by atoms with Crippen LogP contribution in [0.3, 0.4) is 0 Å². The molecule has 1 aromatic carbocycles. The number of aryl methyl sites for hydroxylation is 1. The quantitative estimate of drug-likeness (QED) is 0.875. The summed E-state index contributed by atoms with van der Waals surface area (Å²) in [6.07, 6.45) is 0. The maximum absolute atomic E-state index is 11.9. The first-order valence-corrected chi connectivity index (χ1v) is 6.45. The highest BCUT2D eigenvalue weighted by Gasteiger charge is 2.12. The van der Waals surface area contributed by atoms with E-state index >= 15 is 0 Å². The van der Waals surface area contributed by atoms with E-state index in [0.717, 1.165) is 0 Å². The Balaban J connectivity index is 2.10. The van der Waals surface area contributed by atoms with Crippen molar-refractivity contribution in [2.45, 2.75) is 13.5 Å². The van der Waals surface area contributed by atoms with Gasteiger partial charge in [0.2, 0.25) is 5.43 Å². The summed E-state index contributed by atoms with van der Waals surface area (Å²) in [5.74, 6) is -0.218. The van der Waals surface area contributed by atoms with E-state index in [0.29, 0.717) is 16.5 Å². The van der Waals surface area contributed by atoms with Gasteiger partial charge in [-0.15, -0.1) is 0 Å². The summed E-state index contributed by atoms with van der Waals surface area (Å²) in [4.78, 5) is 23.5. The highest BCUT2D eigenvalue weighted by atomic mass is 35.5. The van der Waals surface area contributed by atoms with Crippen LogP contribution in [-0.4, -0.2) is 23.3 Å². The Bertz CT molecular complexity index is 727. The lowest BCUT2D eigenvalue weighted by Crippen LogP contribution is -2.16. The first-order valence-electron chi connectivity index (χ1n) is 6.07. The van der Waals surface area contributed by atoms with E-state index in [9.17, 15) is 9.59 Å². The number of halogens is 1. The predicted molar refractivity (Wildman–Crippen MR) is 76.7 cm³/mol. The van der Waals surface area contributed by atoms with Crippen LogP contribution >= 0.6 is 11.6 Å². The second kappa shape index (κ2) is 6.41. The summed E-state index contributed by atoms with van der Waals surface area (Å²) in [5, 5.41) is 6.88. The van der Waals surface area contributed by atoms with Gasteiger partial charge in [-0.2, -0.15) is 5.10 Å². The molecule has 0 aliphatic heterocycles. The number of hydrogen-bond donors (Lipinski definition) is 1. The number of nitrogens with one attached hydrogen (secondary N) is 1. The molecule has 0 fully saturated rings. The minimum Gasteiger partial charge on any atom is -0.495 e. The van der Waals surface area contributed by atoms with Gasteiger partial charge >= 0.3 is 5.97 Å². The maximum atomic E-state index is 11.9. The van der Waals surface area contributed by atoms with Crippen molar-refractivity contribution in [3.8, 4) is 5.75 Å². The molecule has 110 valence electrons. The molecule has 0 atom stereocenters. The fourth-order valence-corrected chi connectivity index (χ4v) is 1.83. The second-order valence-electron chi connectivity index (χ2n) is 4.29. The predicted octanol–water partition coefficient (Wildman–Crippen LogP) is 2.10. The molecule has 0 saturated heterocycles. The Morgan fingerprint density at radius 3 is 2.81 bits per heavy atom. The van der Waals surface area contributed by atoms with E-state index in [2.05, 4.69) is 10.2 Å². The van der Waals surface area contributed by atoms with Crippen LogP contribution in [0.1, 0.15) is 21.7 Å². The van der Waals surface area contributed by atoms with Crippen molar-refractivity contribution in [1.82, 2.24) is 10.2 Å². The number of nitrogens with zero attached hydrogens (tertiary/aromatic N) is 1. The van der Waals surface area contributed by atoms with Crippen molar-refractivity contribution in [3.05, 3.63) is 56.5 Å². The minimum atomic E-state index is -0.591. The van der Waals surface area contributed by atoms with E-state index < -0.39 is 5.97 Å². The Kier molecular flexibility index (Phi) is 4.59. The van der Waals surface area contributed by atoms with Crippen molar-refractivity contribution >= 4 is 17.6 Å². The number of H-pyrrole nitrogens is 1. The molecule has 0 radical (unpaired) electrons. The third-order valence-electron chi connectivity index (χ3n) is 2.73. The van der Waals surface area contributed by atoms with Crippen LogP contribution in [0.15, 0.2) is 29.1 Å². The molecule has 0 aliphatic carbocycles. The maximum Gasteiger partial charge on any atom is 0.338 e. The molecule has 0 spiro atoms. The number of hydrogen-bond acceptors (Lipinski definition) is 5. The molecule has 7 heteroatoms. The number of carbonyl (C=O) groups is 1. The Morgan fingerprint density at radius 1 is 1.38 bits per heavy atom. The van der Waals surface area contributed by atoms with Crippen molar-refractivity contribution in [3.63, 3.8) is 0 Å². The molecule has 0 bridgehead atoms. The summed E-state index contributed by atoms with van der Waals surface area (Å²) in [6, 6.07) is 5.91. The van der Waals surface area contributed by atoms with Gasteiger partial charge in [0.15, 0.2) is 0 Å². The van der Waals surface area contributed by atoms with Crippen LogP contribution in [0.5, 0.6) is 5.75 Å². The van der Waals surface area contributed by atoms with E-state index in [1.54, 1.807) is 6.92 Å². The lowest BCUT2D eigenvalue weighted by atomic mass is 10.2. The zero-order valence-electron chi connectivity index (χ0n) is 11.5. The number of ether oxygens (including phenoxy) is 2. The lowest BCUT2D eigenvalue weighted by molar-refractivity contribution is 0.0465. The molecule has 0 unspecified atom stereocenters. The molecule has 2 aromatic rings. The second-order valence-corrected chi connectivity index (χ2v) is 4.69. The van der Waals surface area contributed by atoms with Crippen molar-refractivity contribution < 1.29 is 14.3 Å². The number of aromatic nitrogens is 2. The van der Waals surface area contributed by atoms with Gasteiger partial charge in [-0.05, 0) is 25.1 Å². The normalized spacial score (nSPS) is 10.2. The molecular formula is C14H13ClN2O4. The highest BCUT2D eigenvalue weighted by molar-refractivity contribution is 6.32. The largest absolute Gasteiger partial charge is 0.495 e. The van der Waals surface area contributed by atoms with Gasteiger partial charge in [-0.1, -0.05) is 11.6 Å². The fraction of sp³-hybridized carbons (Fsp3) is 0.214. The molecule has 6 nitrogen and oxygen atoms in total. The zero-order chi connectivity index (χ0) is 15.4. The van der Waals surface area contributed by atoms with Gasteiger partial charge in [0.25, 0.3) is 0 Å². The fourth-order valence-electron chi connectivity index (χ4n) is 1.63. The number of rotatable bonds is 4. The van der Waals surface area contributed by atoms with Crippen molar-refractivity contribution in [2.24, 2.45) is 0 Å². The van der Waals surface area contributed by atoms with Crippen LogP contribution in [0, 0.1) is 6.92 Å². The van der Waals surface area contributed by atoms with Gasteiger partial charge in [0.05, 0.1) is 17.7 Å². The molecular weight excluding hydrogens is 296 g/mol. The molecule has 2 rings (SSSR count). The molecule has 1 heterocycles. The van der Waals surface area contributed by atoms with Crippen LogP contribution in [0.2, 0.25) is 5.02 Å². The zero-order valence-corrected chi connectivity index (χ0v) is 12.2.